The maximum absolute atomic E-state index is 5.25. The van der Waals surface area contributed by atoms with E-state index in [2.05, 4.69) is 144 Å². The lowest BCUT2D eigenvalue weighted by molar-refractivity contribution is 0.954. The molecule has 0 saturated heterocycles. The molecule has 0 radical (unpaired) electrons. The molecule has 4 aromatic heterocycles. The molecule has 0 amide bonds. The van der Waals surface area contributed by atoms with Crippen LogP contribution in [0, 0.1) is 0 Å². The van der Waals surface area contributed by atoms with Gasteiger partial charge in [-0.2, -0.15) is 9.97 Å². The van der Waals surface area contributed by atoms with E-state index in [1.54, 1.807) is 22.7 Å². The van der Waals surface area contributed by atoms with Crippen molar-refractivity contribution >= 4 is 74.9 Å². The van der Waals surface area contributed by atoms with E-state index in [4.69, 9.17) is 19.9 Å². The maximum Gasteiger partial charge on any atom is 0.238 e. The van der Waals surface area contributed by atoms with Crippen LogP contribution in [-0.4, -0.2) is 24.5 Å². The average molecular weight is 714 g/mol. The fourth-order valence-corrected chi connectivity index (χ4v) is 9.56. The van der Waals surface area contributed by atoms with Gasteiger partial charge in [-0.25, -0.2) is 9.97 Å². The summed E-state index contributed by atoms with van der Waals surface area (Å²) in [6, 6.07) is 57.4. The van der Waals surface area contributed by atoms with Crippen LogP contribution < -0.4 is 0 Å². The van der Waals surface area contributed by atoms with E-state index in [1.807, 2.05) is 24.3 Å². The second-order valence-corrected chi connectivity index (χ2v) is 15.2. The van der Waals surface area contributed by atoms with Crippen LogP contribution in [0.25, 0.3) is 103 Å². The number of thiazole rings is 1. The number of thiophene rings is 1. The van der Waals surface area contributed by atoms with Crippen LogP contribution in [0.3, 0.4) is 0 Å². The summed E-state index contributed by atoms with van der Waals surface area (Å²) in [6.45, 7) is 0. The van der Waals surface area contributed by atoms with Gasteiger partial charge in [-0.1, -0.05) is 121 Å². The van der Waals surface area contributed by atoms with Gasteiger partial charge in [-0.05, 0) is 53.6 Å². The SMILES string of the molecule is c1ccc(-c2nc(-c3cccc4c3sc3ccc(-c5ccc(-c6nc7ccccc7s6)cc5)cc34)nc(-n3c4ccccc4c4ccccc43)n2)cc1. The first-order chi connectivity index (χ1) is 26.2. The topological polar surface area (TPSA) is 56.5 Å². The number of hydrogen-bond donors (Lipinski definition) is 0. The van der Waals surface area contributed by atoms with Gasteiger partial charge < -0.3 is 0 Å². The maximum atomic E-state index is 5.25. The first-order valence-corrected chi connectivity index (χ1v) is 19.1. The van der Waals surface area contributed by atoms with Gasteiger partial charge in [-0.15, -0.1) is 22.7 Å². The minimum Gasteiger partial charge on any atom is -0.278 e. The Balaban J connectivity index is 1.05. The van der Waals surface area contributed by atoms with Gasteiger partial charge in [0.25, 0.3) is 0 Å². The minimum absolute atomic E-state index is 0.598. The molecule has 11 aromatic rings. The van der Waals surface area contributed by atoms with Crippen molar-refractivity contribution in [2.45, 2.75) is 0 Å². The fraction of sp³-hybridized carbons (Fsp3) is 0. The predicted molar refractivity (Wildman–Crippen MR) is 222 cm³/mol. The highest BCUT2D eigenvalue weighted by Crippen LogP contribution is 2.42. The molecule has 53 heavy (non-hydrogen) atoms. The van der Waals surface area contributed by atoms with Crippen molar-refractivity contribution < 1.29 is 0 Å². The minimum atomic E-state index is 0.598. The molecule has 248 valence electrons. The molecular weight excluding hydrogens is 687 g/mol. The Bertz CT molecular complexity index is 3090. The van der Waals surface area contributed by atoms with E-state index >= 15 is 0 Å². The quantitative estimate of drug-likeness (QED) is 0.178. The number of para-hydroxylation sites is 3. The first-order valence-electron chi connectivity index (χ1n) is 17.5. The molecule has 7 aromatic carbocycles. The standard InChI is InChI=1S/C46H27N5S2/c1-2-11-29(12-3-1)43-48-44(50-46(49-43)51-38-18-7-4-13-32(38)33-14-5-8-19-39(33)51)35-16-10-15-34-36-27-31(25-26-40(36)52-42(34)35)28-21-23-30(24-22-28)45-47-37-17-6-9-20-41(37)53-45/h1-27H. The van der Waals surface area contributed by atoms with Crippen LogP contribution in [0.5, 0.6) is 0 Å². The van der Waals surface area contributed by atoms with E-state index in [-0.39, 0.29) is 0 Å². The normalized spacial score (nSPS) is 11.8. The Morgan fingerprint density at radius 1 is 0.396 bits per heavy atom. The zero-order valence-corrected chi connectivity index (χ0v) is 29.8. The number of nitrogens with zero attached hydrogens (tertiary/aromatic N) is 5. The third-order valence-electron chi connectivity index (χ3n) is 9.93. The molecule has 5 nitrogen and oxygen atoms in total. The molecule has 0 unspecified atom stereocenters. The Kier molecular flexibility index (Phi) is 6.83. The van der Waals surface area contributed by atoms with Crippen LogP contribution in [-0.2, 0) is 0 Å². The van der Waals surface area contributed by atoms with Crippen molar-refractivity contribution in [2.75, 3.05) is 0 Å². The lowest BCUT2D eigenvalue weighted by Gasteiger charge is -2.11. The first kappa shape index (κ1) is 30.1. The molecule has 11 rings (SSSR count). The average Bonchev–Trinajstić information content (AvgIpc) is 3.93. The predicted octanol–water partition coefficient (Wildman–Crippen LogP) is 12.6. The molecule has 0 aliphatic rings. The van der Waals surface area contributed by atoms with Gasteiger partial charge in [0.1, 0.15) is 5.01 Å². The molecule has 0 bridgehead atoms. The molecule has 0 fully saturated rings. The van der Waals surface area contributed by atoms with Gasteiger partial charge in [-0.3, -0.25) is 4.57 Å². The van der Waals surface area contributed by atoms with Crippen molar-refractivity contribution in [3.63, 3.8) is 0 Å². The van der Waals surface area contributed by atoms with Crippen molar-refractivity contribution in [1.29, 1.82) is 0 Å². The summed E-state index contributed by atoms with van der Waals surface area (Å²) in [6.07, 6.45) is 0. The third-order valence-corrected chi connectivity index (χ3v) is 12.2. The van der Waals surface area contributed by atoms with Gasteiger partial charge >= 0.3 is 0 Å². The molecule has 0 N–H and O–H groups in total. The molecule has 4 heterocycles. The molecule has 0 spiro atoms. The van der Waals surface area contributed by atoms with Crippen molar-refractivity contribution in [3.05, 3.63) is 164 Å². The van der Waals surface area contributed by atoms with Crippen LogP contribution >= 0.6 is 22.7 Å². The monoisotopic (exact) mass is 713 g/mol. The smallest absolute Gasteiger partial charge is 0.238 e. The van der Waals surface area contributed by atoms with E-state index in [0.717, 1.165) is 42.9 Å². The summed E-state index contributed by atoms with van der Waals surface area (Å²) in [5, 5.41) is 5.79. The number of benzene rings is 7. The van der Waals surface area contributed by atoms with Crippen LogP contribution in [0.4, 0.5) is 0 Å². The highest BCUT2D eigenvalue weighted by Gasteiger charge is 2.20. The number of hydrogen-bond acceptors (Lipinski definition) is 6. The summed E-state index contributed by atoms with van der Waals surface area (Å²) in [4.78, 5) is 20.4. The molecule has 0 aliphatic carbocycles. The van der Waals surface area contributed by atoms with Gasteiger partial charge in [0.05, 0.1) is 21.3 Å². The van der Waals surface area contributed by atoms with Crippen molar-refractivity contribution in [3.8, 4) is 50.4 Å². The number of fused-ring (bicyclic) bond motifs is 7. The summed E-state index contributed by atoms with van der Waals surface area (Å²) < 4.78 is 5.76. The Hall–Kier alpha value is -6.54. The third kappa shape index (κ3) is 4.97. The summed E-state index contributed by atoms with van der Waals surface area (Å²) in [5.74, 6) is 1.89. The van der Waals surface area contributed by atoms with Crippen molar-refractivity contribution in [1.82, 2.24) is 24.5 Å². The van der Waals surface area contributed by atoms with Gasteiger partial charge in [0.2, 0.25) is 5.95 Å². The molecule has 0 saturated carbocycles. The molecule has 0 aliphatic heterocycles. The van der Waals surface area contributed by atoms with E-state index in [9.17, 15) is 0 Å². The zero-order valence-electron chi connectivity index (χ0n) is 28.1. The van der Waals surface area contributed by atoms with Gasteiger partial charge in [0.15, 0.2) is 11.6 Å². The van der Waals surface area contributed by atoms with E-state index in [0.29, 0.717) is 17.6 Å². The van der Waals surface area contributed by atoms with Crippen LogP contribution in [0.15, 0.2) is 164 Å². The van der Waals surface area contributed by atoms with E-state index < -0.39 is 0 Å². The number of aromatic nitrogens is 5. The Morgan fingerprint density at radius 3 is 1.85 bits per heavy atom. The highest BCUT2D eigenvalue weighted by atomic mass is 32.1. The fourth-order valence-electron chi connectivity index (χ4n) is 7.39. The summed E-state index contributed by atoms with van der Waals surface area (Å²) in [5.41, 5.74) is 8.59. The summed E-state index contributed by atoms with van der Waals surface area (Å²) >= 11 is 3.52. The largest absolute Gasteiger partial charge is 0.278 e. The molecular formula is C46H27N5S2. The Labute approximate surface area is 312 Å². The molecule has 7 heteroatoms. The Morgan fingerprint density at radius 2 is 1.06 bits per heavy atom. The van der Waals surface area contributed by atoms with Gasteiger partial charge in [0, 0.05) is 47.6 Å². The second kappa shape index (κ2) is 12.0. The van der Waals surface area contributed by atoms with Crippen molar-refractivity contribution in [2.24, 2.45) is 0 Å². The van der Waals surface area contributed by atoms with E-state index in [1.165, 1.54) is 42.1 Å². The lowest BCUT2D eigenvalue weighted by atomic mass is 10.0. The lowest BCUT2D eigenvalue weighted by Crippen LogP contribution is -2.06. The second-order valence-electron chi connectivity index (χ2n) is 13.1. The number of rotatable bonds is 5. The van der Waals surface area contributed by atoms with Crippen LogP contribution in [0.2, 0.25) is 0 Å². The van der Waals surface area contributed by atoms with Crippen LogP contribution in [0.1, 0.15) is 0 Å². The molecule has 0 atom stereocenters. The zero-order chi connectivity index (χ0) is 34.9. The highest BCUT2D eigenvalue weighted by molar-refractivity contribution is 7.26. The summed E-state index contributed by atoms with van der Waals surface area (Å²) in [7, 11) is 0.